The number of carbonyl (C=O) groups is 3. The summed E-state index contributed by atoms with van der Waals surface area (Å²) in [5.41, 5.74) is 11.2. The molecule has 0 aliphatic carbocycles. The highest BCUT2D eigenvalue weighted by Crippen LogP contribution is 2.28. The van der Waals surface area contributed by atoms with Crippen LogP contribution in [0.15, 0.2) is 35.4 Å². The highest BCUT2D eigenvalue weighted by molar-refractivity contribution is 7.98. The molecule has 1 aromatic carbocycles. The average Bonchev–Trinajstić information content (AvgIpc) is 2.92. The molecule has 0 bridgehead atoms. The minimum absolute atomic E-state index is 0.0261. The first-order valence-electron chi connectivity index (χ1n) is 6.92. The Hall–Kier alpha value is -2.94. The largest absolute Gasteiger partial charge is 0.376 e. The van der Waals surface area contributed by atoms with Crippen molar-refractivity contribution in [3.05, 3.63) is 41.5 Å². The standard InChI is InChI=1S/C15H17N5O3S/c1-24-15-11(13(17)23)10(12(16)22)14(20-15)19-9(21)7-18-8-5-3-2-4-6-8/h2-6,18,20H,7H2,1H3,(H2,16,22)(H2,17,23)(H,19,21). The number of aromatic nitrogens is 1. The zero-order valence-electron chi connectivity index (χ0n) is 12.9. The molecule has 0 saturated carbocycles. The van der Waals surface area contributed by atoms with Gasteiger partial charge in [0.1, 0.15) is 5.82 Å². The van der Waals surface area contributed by atoms with E-state index in [9.17, 15) is 14.4 Å². The molecule has 0 atom stereocenters. The zero-order chi connectivity index (χ0) is 17.7. The summed E-state index contributed by atoms with van der Waals surface area (Å²) in [7, 11) is 0. The minimum atomic E-state index is -0.855. The van der Waals surface area contributed by atoms with E-state index >= 15 is 0 Å². The number of rotatable bonds is 7. The highest BCUT2D eigenvalue weighted by Gasteiger charge is 2.25. The molecule has 0 radical (unpaired) electrons. The van der Waals surface area contributed by atoms with Gasteiger partial charge in [-0.1, -0.05) is 18.2 Å². The van der Waals surface area contributed by atoms with Gasteiger partial charge in [0, 0.05) is 5.69 Å². The van der Waals surface area contributed by atoms with E-state index in [4.69, 9.17) is 11.5 Å². The second kappa shape index (κ2) is 7.55. The molecule has 0 aliphatic rings. The van der Waals surface area contributed by atoms with Crippen molar-refractivity contribution in [2.45, 2.75) is 5.03 Å². The smallest absolute Gasteiger partial charge is 0.253 e. The maximum absolute atomic E-state index is 12.1. The molecule has 1 aromatic heterocycles. The first-order chi connectivity index (χ1) is 11.4. The molecule has 0 unspecified atom stereocenters. The van der Waals surface area contributed by atoms with Gasteiger partial charge in [0.15, 0.2) is 0 Å². The van der Waals surface area contributed by atoms with Gasteiger partial charge in [-0.15, -0.1) is 11.8 Å². The fraction of sp³-hybridized carbons (Fsp3) is 0.133. The fourth-order valence-electron chi connectivity index (χ4n) is 2.13. The van der Waals surface area contributed by atoms with Gasteiger partial charge >= 0.3 is 0 Å². The predicted molar refractivity (Wildman–Crippen MR) is 93.2 cm³/mol. The number of nitrogens with two attached hydrogens (primary N) is 2. The number of para-hydroxylation sites is 1. The van der Waals surface area contributed by atoms with Crippen LogP contribution in [0.1, 0.15) is 20.7 Å². The van der Waals surface area contributed by atoms with Crippen molar-refractivity contribution in [3.8, 4) is 0 Å². The van der Waals surface area contributed by atoms with Crippen LogP contribution in [-0.4, -0.2) is 35.5 Å². The Labute approximate surface area is 142 Å². The van der Waals surface area contributed by atoms with Crippen LogP contribution in [0.25, 0.3) is 0 Å². The fourth-order valence-corrected chi connectivity index (χ4v) is 2.74. The van der Waals surface area contributed by atoms with Gasteiger partial charge in [0.2, 0.25) is 5.91 Å². The number of aromatic amines is 1. The number of hydrogen-bond acceptors (Lipinski definition) is 5. The highest BCUT2D eigenvalue weighted by atomic mass is 32.2. The normalized spacial score (nSPS) is 10.2. The van der Waals surface area contributed by atoms with Crippen molar-refractivity contribution in [1.29, 1.82) is 0 Å². The number of H-pyrrole nitrogens is 1. The SMILES string of the molecule is CSc1[nH]c(NC(=O)CNc2ccccc2)c(C(N)=O)c1C(N)=O. The molecule has 2 rings (SSSR count). The lowest BCUT2D eigenvalue weighted by molar-refractivity contribution is -0.114. The Morgan fingerprint density at radius 2 is 1.71 bits per heavy atom. The number of nitrogens with one attached hydrogen (secondary N) is 3. The lowest BCUT2D eigenvalue weighted by Gasteiger charge is -2.07. The van der Waals surface area contributed by atoms with Crippen LogP contribution in [0.4, 0.5) is 11.5 Å². The molecular formula is C15H17N5O3S. The maximum atomic E-state index is 12.1. The monoisotopic (exact) mass is 347 g/mol. The summed E-state index contributed by atoms with van der Waals surface area (Å²) in [4.78, 5) is 38.1. The third-order valence-electron chi connectivity index (χ3n) is 3.15. The second-order valence-corrected chi connectivity index (χ2v) is 5.60. The van der Waals surface area contributed by atoms with Crippen molar-refractivity contribution in [2.75, 3.05) is 23.4 Å². The molecule has 1 heterocycles. The van der Waals surface area contributed by atoms with E-state index in [2.05, 4.69) is 15.6 Å². The third-order valence-corrected chi connectivity index (χ3v) is 3.87. The molecule has 0 saturated heterocycles. The summed E-state index contributed by atoms with van der Waals surface area (Å²) in [6.07, 6.45) is 1.70. The Kier molecular flexibility index (Phi) is 5.48. The first-order valence-corrected chi connectivity index (χ1v) is 8.14. The van der Waals surface area contributed by atoms with Crippen LogP contribution in [0.3, 0.4) is 0 Å². The number of thioether (sulfide) groups is 1. The van der Waals surface area contributed by atoms with Gasteiger partial charge < -0.3 is 27.1 Å². The molecular weight excluding hydrogens is 330 g/mol. The number of anilines is 2. The van der Waals surface area contributed by atoms with Crippen molar-refractivity contribution < 1.29 is 14.4 Å². The van der Waals surface area contributed by atoms with Crippen LogP contribution in [-0.2, 0) is 4.79 Å². The lowest BCUT2D eigenvalue weighted by atomic mass is 10.1. The van der Waals surface area contributed by atoms with Crippen molar-refractivity contribution >= 4 is 41.0 Å². The van der Waals surface area contributed by atoms with E-state index in [0.717, 1.165) is 5.69 Å². The molecule has 8 nitrogen and oxygen atoms in total. The number of carbonyl (C=O) groups excluding carboxylic acids is 3. The first kappa shape index (κ1) is 17.4. The Bertz CT molecular complexity index is 773. The zero-order valence-corrected chi connectivity index (χ0v) is 13.7. The predicted octanol–water partition coefficient (Wildman–Crippen LogP) is 0.985. The molecule has 7 N–H and O–H groups in total. The minimum Gasteiger partial charge on any atom is -0.376 e. The lowest BCUT2D eigenvalue weighted by Crippen LogP contribution is -2.25. The molecule has 9 heteroatoms. The molecule has 0 aliphatic heterocycles. The summed E-state index contributed by atoms with van der Waals surface area (Å²) in [6, 6.07) is 9.15. The summed E-state index contributed by atoms with van der Waals surface area (Å²) in [5.74, 6) is -2.01. The van der Waals surface area contributed by atoms with Gasteiger partial charge in [-0.05, 0) is 18.4 Å². The number of amides is 3. The van der Waals surface area contributed by atoms with Crippen LogP contribution in [0, 0.1) is 0 Å². The Morgan fingerprint density at radius 3 is 2.25 bits per heavy atom. The van der Waals surface area contributed by atoms with Gasteiger partial charge in [0.05, 0.1) is 22.7 Å². The number of primary amides is 2. The van der Waals surface area contributed by atoms with E-state index < -0.39 is 17.7 Å². The van der Waals surface area contributed by atoms with E-state index in [0.29, 0.717) is 5.03 Å². The van der Waals surface area contributed by atoms with E-state index in [1.54, 1.807) is 6.26 Å². The second-order valence-electron chi connectivity index (χ2n) is 4.78. The molecule has 2 aromatic rings. The van der Waals surface area contributed by atoms with Crippen molar-refractivity contribution in [3.63, 3.8) is 0 Å². The third kappa shape index (κ3) is 3.87. The number of hydrogen-bond donors (Lipinski definition) is 5. The molecule has 0 spiro atoms. The van der Waals surface area contributed by atoms with Crippen LogP contribution < -0.4 is 22.1 Å². The van der Waals surface area contributed by atoms with Gasteiger partial charge in [-0.2, -0.15) is 0 Å². The van der Waals surface area contributed by atoms with Crippen molar-refractivity contribution in [2.24, 2.45) is 11.5 Å². The van der Waals surface area contributed by atoms with Crippen molar-refractivity contribution in [1.82, 2.24) is 4.98 Å². The Morgan fingerprint density at radius 1 is 1.08 bits per heavy atom. The Balaban J connectivity index is 2.18. The molecule has 24 heavy (non-hydrogen) atoms. The topological polar surface area (TPSA) is 143 Å². The maximum Gasteiger partial charge on any atom is 0.253 e. The van der Waals surface area contributed by atoms with Crippen LogP contribution in [0.2, 0.25) is 0 Å². The molecule has 0 fully saturated rings. The summed E-state index contributed by atoms with van der Waals surface area (Å²) in [5, 5.41) is 5.83. The molecule has 3 amide bonds. The number of benzene rings is 1. The summed E-state index contributed by atoms with van der Waals surface area (Å²) in [6.45, 7) is -0.0261. The van der Waals surface area contributed by atoms with Crippen LogP contribution in [0.5, 0.6) is 0 Å². The summed E-state index contributed by atoms with van der Waals surface area (Å²) < 4.78 is 0. The van der Waals surface area contributed by atoms with E-state index in [1.165, 1.54) is 11.8 Å². The van der Waals surface area contributed by atoms with Gasteiger partial charge in [-0.25, -0.2) is 0 Å². The van der Waals surface area contributed by atoms with E-state index in [1.807, 2.05) is 30.3 Å². The average molecular weight is 347 g/mol. The summed E-state index contributed by atoms with van der Waals surface area (Å²) >= 11 is 1.18. The quantitative estimate of drug-likeness (QED) is 0.474. The van der Waals surface area contributed by atoms with E-state index in [-0.39, 0.29) is 23.5 Å². The van der Waals surface area contributed by atoms with Crippen LogP contribution >= 0.6 is 11.8 Å². The van der Waals surface area contributed by atoms with Gasteiger partial charge in [-0.3, -0.25) is 14.4 Å². The molecule has 126 valence electrons. The van der Waals surface area contributed by atoms with Gasteiger partial charge in [0.25, 0.3) is 11.8 Å².